The molecule has 3 rings (SSSR count). The Morgan fingerprint density at radius 3 is 2.38 bits per heavy atom. The highest BCUT2D eigenvalue weighted by Crippen LogP contribution is 2.32. The second kappa shape index (κ2) is 13.2. The largest absolute Gasteiger partial charge is 0.311 e. The normalized spacial score (nSPS) is 11.1. The summed E-state index contributed by atoms with van der Waals surface area (Å²) < 4.78 is 0. The fourth-order valence-electron chi connectivity index (χ4n) is 4.27. The van der Waals surface area contributed by atoms with Crippen LogP contribution in [-0.4, -0.2) is 11.5 Å². The summed E-state index contributed by atoms with van der Waals surface area (Å²) in [6.45, 7) is 10.1. The minimum atomic E-state index is 0.771. The number of hydrogen-bond donors (Lipinski definition) is 1. The summed E-state index contributed by atoms with van der Waals surface area (Å²) in [7, 11) is 0. The van der Waals surface area contributed by atoms with Crippen molar-refractivity contribution in [3.8, 4) is 22.4 Å². The third kappa shape index (κ3) is 6.77. The van der Waals surface area contributed by atoms with Crippen LogP contribution >= 0.6 is 0 Å². The molecule has 0 spiro atoms. The van der Waals surface area contributed by atoms with Gasteiger partial charge in [-0.25, -0.2) is 0 Å². The van der Waals surface area contributed by atoms with Gasteiger partial charge in [0, 0.05) is 17.7 Å². The van der Waals surface area contributed by atoms with E-state index < -0.39 is 0 Å². The number of rotatable bonds is 13. The van der Waals surface area contributed by atoms with E-state index in [9.17, 15) is 0 Å². The van der Waals surface area contributed by atoms with Crippen LogP contribution in [-0.2, 0) is 19.4 Å². The first kappa shape index (κ1) is 24.2. The third-order valence-electron chi connectivity index (χ3n) is 6.00. The van der Waals surface area contributed by atoms with E-state index in [1.54, 1.807) is 0 Å². The van der Waals surface area contributed by atoms with Crippen molar-refractivity contribution < 1.29 is 0 Å². The second-order valence-electron chi connectivity index (χ2n) is 8.64. The molecule has 0 fully saturated rings. The van der Waals surface area contributed by atoms with Gasteiger partial charge in [0.05, 0.1) is 11.4 Å². The SMILES string of the molecule is [CH2]CCNCc1ccc(-c2ccc(CCCCCC)c(CCC)c2)c(-c2ccccc2)n1. The molecule has 32 heavy (non-hydrogen) atoms. The van der Waals surface area contributed by atoms with Crippen LogP contribution in [0.2, 0.25) is 0 Å². The molecule has 0 aliphatic heterocycles. The lowest BCUT2D eigenvalue weighted by atomic mass is 9.92. The van der Waals surface area contributed by atoms with Crippen molar-refractivity contribution in [3.05, 3.63) is 84.4 Å². The van der Waals surface area contributed by atoms with Crippen molar-refractivity contribution in [2.45, 2.75) is 71.8 Å². The molecular formula is C30H39N2. The van der Waals surface area contributed by atoms with Gasteiger partial charge in [0.1, 0.15) is 0 Å². The molecule has 1 heterocycles. The predicted octanol–water partition coefficient (Wildman–Crippen LogP) is 7.80. The van der Waals surface area contributed by atoms with Gasteiger partial charge in [-0.15, -0.1) is 0 Å². The molecule has 0 aliphatic carbocycles. The molecule has 2 heteroatoms. The zero-order valence-electron chi connectivity index (χ0n) is 20.0. The van der Waals surface area contributed by atoms with Crippen LogP contribution in [0.3, 0.4) is 0 Å². The minimum absolute atomic E-state index is 0.771. The molecule has 0 atom stereocenters. The Morgan fingerprint density at radius 1 is 0.781 bits per heavy atom. The van der Waals surface area contributed by atoms with Crippen LogP contribution in [0.25, 0.3) is 22.4 Å². The number of nitrogens with zero attached hydrogens (tertiary/aromatic N) is 1. The molecule has 3 aromatic rings. The van der Waals surface area contributed by atoms with Gasteiger partial charge < -0.3 is 5.32 Å². The van der Waals surface area contributed by atoms with Crippen molar-refractivity contribution in [1.82, 2.24) is 10.3 Å². The highest BCUT2D eigenvalue weighted by molar-refractivity contribution is 5.81. The highest BCUT2D eigenvalue weighted by atomic mass is 14.9. The summed E-state index contributed by atoms with van der Waals surface area (Å²) in [4.78, 5) is 5.08. The lowest BCUT2D eigenvalue weighted by Gasteiger charge is -2.15. The molecule has 2 aromatic carbocycles. The maximum Gasteiger partial charge on any atom is 0.0784 e. The molecule has 1 aromatic heterocycles. The minimum Gasteiger partial charge on any atom is -0.311 e. The maximum absolute atomic E-state index is 5.08. The van der Waals surface area contributed by atoms with Gasteiger partial charge in [-0.05, 0) is 55.0 Å². The van der Waals surface area contributed by atoms with E-state index in [1.807, 2.05) is 0 Å². The molecule has 0 amide bonds. The van der Waals surface area contributed by atoms with E-state index in [0.29, 0.717) is 0 Å². The average Bonchev–Trinajstić information content (AvgIpc) is 2.83. The highest BCUT2D eigenvalue weighted by Gasteiger charge is 2.13. The summed E-state index contributed by atoms with van der Waals surface area (Å²) >= 11 is 0. The molecule has 0 bridgehead atoms. The summed E-state index contributed by atoms with van der Waals surface area (Å²) in [6, 6.07) is 22.1. The number of benzene rings is 2. The maximum atomic E-state index is 5.08. The van der Waals surface area contributed by atoms with E-state index in [1.165, 1.54) is 66.3 Å². The Labute approximate surface area is 195 Å². The van der Waals surface area contributed by atoms with Gasteiger partial charge in [-0.3, -0.25) is 4.98 Å². The predicted molar refractivity (Wildman–Crippen MR) is 139 cm³/mol. The lowest BCUT2D eigenvalue weighted by molar-refractivity contribution is 0.664. The van der Waals surface area contributed by atoms with Crippen molar-refractivity contribution >= 4 is 0 Å². The van der Waals surface area contributed by atoms with Crippen molar-refractivity contribution in [2.24, 2.45) is 0 Å². The molecule has 2 nitrogen and oxygen atoms in total. The van der Waals surface area contributed by atoms with Crippen LogP contribution in [0.5, 0.6) is 0 Å². The number of nitrogens with one attached hydrogen (secondary N) is 1. The molecule has 169 valence electrons. The first-order valence-corrected chi connectivity index (χ1v) is 12.4. The van der Waals surface area contributed by atoms with Crippen LogP contribution < -0.4 is 5.32 Å². The van der Waals surface area contributed by atoms with Crippen molar-refractivity contribution in [1.29, 1.82) is 0 Å². The average molecular weight is 428 g/mol. The fourth-order valence-corrected chi connectivity index (χ4v) is 4.27. The van der Waals surface area contributed by atoms with Crippen LogP contribution in [0.15, 0.2) is 60.7 Å². The van der Waals surface area contributed by atoms with E-state index in [4.69, 9.17) is 4.98 Å². The van der Waals surface area contributed by atoms with Gasteiger partial charge >= 0.3 is 0 Å². The summed E-state index contributed by atoms with van der Waals surface area (Å²) in [5.41, 5.74) is 8.82. The van der Waals surface area contributed by atoms with Crippen LogP contribution in [0.1, 0.15) is 69.2 Å². The first-order chi connectivity index (χ1) is 15.8. The van der Waals surface area contributed by atoms with Gasteiger partial charge in [0.15, 0.2) is 0 Å². The molecular weight excluding hydrogens is 388 g/mol. The topological polar surface area (TPSA) is 24.9 Å². The standard InChI is InChI=1S/C30H39N2/c1-4-7-8-10-14-24-17-18-27(22-26(24)13-5-2)29-20-19-28(23-31-21-6-3)32-30(29)25-15-11-9-12-16-25/h9,11-12,15-20,22,31H,3-8,10,13-14,21,23H2,1-2H3. The molecule has 0 saturated heterocycles. The summed E-state index contributed by atoms with van der Waals surface area (Å²) in [5, 5.41) is 3.43. The molecule has 0 saturated carbocycles. The van der Waals surface area contributed by atoms with E-state index in [-0.39, 0.29) is 0 Å². The Balaban J connectivity index is 1.95. The molecule has 1 radical (unpaired) electrons. The molecule has 0 unspecified atom stereocenters. The van der Waals surface area contributed by atoms with Gasteiger partial charge in [0.25, 0.3) is 0 Å². The third-order valence-corrected chi connectivity index (χ3v) is 6.00. The van der Waals surface area contributed by atoms with Gasteiger partial charge in [0.2, 0.25) is 0 Å². The molecule has 1 N–H and O–H groups in total. The Bertz CT molecular complexity index is 946. The fraction of sp³-hybridized carbons (Fsp3) is 0.400. The summed E-state index contributed by atoms with van der Waals surface area (Å²) in [5.74, 6) is 0. The van der Waals surface area contributed by atoms with E-state index in [2.05, 4.69) is 86.8 Å². The van der Waals surface area contributed by atoms with E-state index in [0.717, 1.165) is 37.3 Å². The van der Waals surface area contributed by atoms with Gasteiger partial charge in [-0.1, -0.05) is 101 Å². The number of aryl methyl sites for hydroxylation is 2. The monoisotopic (exact) mass is 427 g/mol. The number of unbranched alkanes of at least 4 members (excludes halogenated alkanes) is 3. The number of hydrogen-bond acceptors (Lipinski definition) is 2. The number of aromatic nitrogens is 1. The number of pyridine rings is 1. The second-order valence-corrected chi connectivity index (χ2v) is 8.64. The Hall–Kier alpha value is -2.45. The van der Waals surface area contributed by atoms with Crippen molar-refractivity contribution in [2.75, 3.05) is 6.54 Å². The van der Waals surface area contributed by atoms with E-state index >= 15 is 0 Å². The van der Waals surface area contributed by atoms with Crippen molar-refractivity contribution in [3.63, 3.8) is 0 Å². The van der Waals surface area contributed by atoms with Crippen LogP contribution in [0.4, 0.5) is 0 Å². The summed E-state index contributed by atoms with van der Waals surface area (Å²) in [6.07, 6.45) is 9.63. The molecule has 0 aliphatic rings. The Kier molecular flexibility index (Phi) is 9.97. The quantitative estimate of drug-likeness (QED) is 0.281. The lowest BCUT2D eigenvalue weighted by Crippen LogP contribution is -2.15. The van der Waals surface area contributed by atoms with Gasteiger partial charge in [-0.2, -0.15) is 0 Å². The zero-order chi connectivity index (χ0) is 22.6. The smallest absolute Gasteiger partial charge is 0.0784 e. The zero-order valence-corrected chi connectivity index (χ0v) is 20.0. The van der Waals surface area contributed by atoms with Crippen LogP contribution in [0, 0.1) is 6.92 Å². The Morgan fingerprint density at radius 2 is 1.62 bits per heavy atom. The first-order valence-electron chi connectivity index (χ1n) is 12.4.